The number of benzene rings is 2. The molecule has 4 aromatic rings. The van der Waals surface area contributed by atoms with E-state index >= 15 is 0 Å². The molecular weight excluding hydrogens is 398 g/mol. The molecule has 2 aromatic carbocycles. The first-order valence-electron chi connectivity index (χ1n) is 11.4. The highest BCUT2D eigenvalue weighted by Crippen LogP contribution is 2.26. The summed E-state index contributed by atoms with van der Waals surface area (Å²) in [7, 11) is 0. The van der Waals surface area contributed by atoms with Gasteiger partial charge in [0.2, 0.25) is 5.91 Å². The summed E-state index contributed by atoms with van der Waals surface area (Å²) in [6.45, 7) is 4.69. The number of aryl methyl sites for hydroxylation is 2. The van der Waals surface area contributed by atoms with Gasteiger partial charge in [0, 0.05) is 43.2 Å². The van der Waals surface area contributed by atoms with Gasteiger partial charge in [-0.1, -0.05) is 35.9 Å². The molecule has 2 aromatic heterocycles. The van der Waals surface area contributed by atoms with Crippen molar-refractivity contribution in [1.29, 1.82) is 0 Å². The van der Waals surface area contributed by atoms with Crippen LogP contribution in [0.4, 0.5) is 0 Å². The second-order valence-electron chi connectivity index (χ2n) is 8.90. The lowest BCUT2D eigenvalue weighted by Gasteiger charge is -2.32. The number of nitrogens with zero attached hydrogens (tertiary/aromatic N) is 4. The minimum absolute atomic E-state index is 0.278. The molecule has 32 heavy (non-hydrogen) atoms. The van der Waals surface area contributed by atoms with Gasteiger partial charge in [0.15, 0.2) is 0 Å². The standard InChI is InChI=1S/C26H29N5O/c1-19-2-4-20(5-3-19)6-9-26(32)30-12-10-21(11-13-30)18-31-25-8-7-22(14-23(25)17-29-31)24-15-27-28-16-24/h2-5,7-8,14-17,21H,6,9-13,18H2,1H3,(H,27,28). The number of amides is 1. The highest BCUT2D eigenvalue weighted by molar-refractivity contribution is 5.84. The normalized spacial score (nSPS) is 14.8. The van der Waals surface area contributed by atoms with Gasteiger partial charge in [-0.05, 0) is 55.4 Å². The molecule has 0 bridgehead atoms. The maximum Gasteiger partial charge on any atom is 0.222 e. The average Bonchev–Trinajstić information content (AvgIpc) is 3.49. The van der Waals surface area contributed by atoms with Crippen LogP contribution >= 0.6 is 0 Å². The molecule has 1 aliphatic rings. The number of hydrogen-bond acceptors (Lipinski definition) is 3. The van der Waals surface area contributed by atoms with Crippen LogP contribution in [-0.4, -0.2) is 43.9 Å². The summed E-state index contributed by atoms with van der Waals surface area (Å²) < 4.78 is 2.12. The molecule has 6 heteroatoms. The number of aromatic amines is 1. The predicted octanol–water partition coefficient (Wildman–Crippen LogP) is 4.61. The van der Waals surface area contributed by atoms with Gasteiger partial charge in [-0.3, -0.25) is 14.6 Å². The first-order chi connectivity index (χ1) is 15.7. The van der Waals surface area contributed by atoms with Crippen molar-refractivity contribution in [3.8, 4) is 11.1 Å². The molecule has 0 spiro atoms. The van der Waals surface area contributed by atoms with Gasteiger partial charge in [-0.15, -0.1) is 0 Å². The van der Waals surface area contributed by atoms with Gasteiger partial charge in [-0.2, -0.15) is 10.2 Å². The monoisotopic (exact) mass is 427 g/mol. The van der Waals surface area contributed by atoms with E-state index in [-0.39, 0.29) is 5.91 Å². The molecule has 1 N–H and O–H groups in total. The number of piperidine rings is 1. The molecular formula is C26H29N5O. The van der Waals surface area contributed by atoms with Crippen molar-refractivity contribution in [2.24, 2.45) is 5.92 Å². The van der Waals surface area contributed by atoms with Crippen molar-refractivity contribution in [1.82, 2.24) is 24.9 Å². The van der Waals surface area contributed by atoms with Crippen LogP contribution < -0.4 is 0 Å². The van der Waals surface area contributed by atoms with Crippen LogP contribution in [0.1, 0.15) is 30.4 Å². The van der Waals surface area contributed by atoms with Crippen molar-refractivity contribution < 1.29 is 4.79 Å². The van der Waals surface area contributed by atoms with E-state index in [1.54, 1.807) is 0 Å². The minimum atomic E-state index is 0.278. The molecule has 0 saturated carbocycles. The quantitative estimate of drug-likeness (QED) is 0.489. The van der Waals surface area contributed by atoms with Crippen molar-refractivity contribution in [3.63, 3.8) is 0 Å². The Kier molecular flexibility index (Phi) is 5.75. The Balaban J connectivity index is 1.15. The number of carbonyl (C=O) groups is 1. The lowest BCUT2D eigenvalue weighted by Crippen LogP contribution is -2.39. The summed E-state index contributed by atoms with van der Waals surface area (Å²) in [6.07, 6.45) is 9.16. The molecule has 0 aliphatic carbocycles. The smallest absolute Gasteiger partial charge is 0.222 e. The van der Waals surface area contributed by atoms with Crippen molar-refractivity contribution >= 4 is 16.8 Å². The van der Waals surface area contributed by atoms with E-state index in [9.17, 15) is 4.79 Å². The van der Waals surface area contributed by atoms with Gasteiger partial charge < -0.3 is 4.90 Å². The lowest BCUT2D eigenvalue weighted by atomic mass is 9.96. The minimum Gasteiger partial charge on any atom is -0.343 e. The second-order valence-corrected chi connectivity index (χ2v) is 8.90. The van der Waals surface area contributed by atoms with Crippen LogP contribution in [-0.2, 0) is 17.8 Å². The Labute approximate surface area is 188 Å². The third-order valence-corrected chi connectivity index (χ3v) is 6.62. The van der Waals surface area contributed by atoms with E-state index in [1.165, 1.54) is 11.1 Å². The molecule has 6 nitrogen and oxygen atoms in total. The summed E-state index contributed by atoms with van der Waals surface area (Å²) in [5, 5.41) is 12.7. The number of aromatic nitrogens is 4. The number of H-pyrrole nitrogens is 1. The molecule has 1 fully saturated rings. The highest BCUT2D eigenvalue weighted by atomic mass is 16.2. The maximum atomic E-state index is 12.7. The number of fused-ring (bicyclic) bond motifs is 1. The molecule has 1 amide bonds. The molecule has 164 valence electrons. The van der Waals surface area contributed by atoms with Crippen molar-refractivity contribution in [2.75, 3.05) is 13.1 Å². The Morgan fingerprint density at radius 3 is 2.62 bits per heavy atom. The molecule has 0 radical (unpaired) electrons. The van der Waals surface area contributed by atoms with E-state index < -0.39 is 0 Å². The summed E-state index contributed by atoms with van der Waals surface area (Å²) in [4.78, 5) is 14.7. The maximum absolute atomic E-state index is 12.7. The van der Waals surface area contributed by atoms with Crippen LogP contribution in [0.5, 0.6) is 0 Å². The van der Waals surface area contributed by atoms with E-state index in [0.29, 0.717) is 12.3 Å². The SMILES string of the molecule is Cc1ccc(CCC(=O)N2CCC(Cn3ncc4cc(-c5cn[nH]c5)ccc43)CC2)cc1. The predicted molar refractivity (Wildman–Crippen MR) is 126 cm³/mol. The Hall–Kier alpha value is -3.41. The van der Waals surface area contributed by atoms with Crippen LogP contribution in [0.3, 0.4) is 0 Å². The second kappa shape index (κ2) is 8.99. The van der Waals surface area contributed by atoms with E-state index in [0.717, 1.165) is 60.9 Å². The number of hydrogen-bond donors (Lipinski definition) is 1. The molecule has 5 rings (SSSR count). The fraction of sp³-hybridized carbons (Fsp3) is 0.346. The van der Waals surface area contributed by atoms with Crippen LogP contribution in [0.25, 0.3) is 22.0 Å². The summed E-state index contributed by atoms with van der Waals surface area (Å²) in [5.74, 6) is 0.827. The average molecular weight is 428 g/mol. The number of nitrogens with one attached hydrogen (secondary N) is 1. The fourth-order valence-electron chi connectivity index (χ4n) is 4.59. The van der Waals surface area contributed by atoms with Crippen LogP contribution in [0, 0.1) is 12.8 Å². The zero-order chi connectivity index (χ0) is 21.9. The third-order valence-electron chi connectivity index (χ3n) is 6.62. The van der Waals surface area contributed by atoms with Crippen LogP contribution in [0.15, 0.2) is 61.1 Å². The number of likely N-dealkylation sites (tertiary alicyclic amines) is 1. The summed E-state index contributed by atoms with van der Waals surface area (Å²) in [5.41, 5.74) is 5.88. The number of carbonyl (C=O) groups excluding carboxylic acids is 1. The molecule has 0 atom stereocenters. The van der Waals surface area contributed by atoms with E-state index in [4.69, 9.17) is 0 Å². The summed E-state index contributed by atoms with van der Waals surface area (Å²) in [6, 6.07) is 14.9. The van der Waals surface area contributed by atoms with Crippen LogP contribution in [0.2, 0.25) is 0 Å². The van der Waals surface area contributed by atoms with Gasteiger partial charge in [-0.25, -0.2) is 0 Å². The Morgan fingerprint density at radius 1 is 1.06 bits per heavy atom. The zero-order valence-corrected chi connectivity index (χ0v) is 18.5. The largest absolute Gasteiger partial charge is 0.343 e. The van der Waals surface area contributed by atoms with Crippen molar-refractivity contribution in [3.05, 3.63) is 72.2 Å². The van der Waals surface area contributed by atoms with Crippen molar-refractivity contribution in [2.45, 2.75) is 39.2 Å². The third kappa shape index (κ3) is 4.44. The molecule has 3 heterocycles. The van der Waals surface area contributed by atoms with Gasteiger partial charge in [0.05, 0.1) is 17.9 Å². The van der Waals surface area contributed by atoms with Gasteiger partial charge >= 0.3 is 0 Å². The first-order valence-corrected chi connectivity index (χ1v) is 11.4. The summed E-state index contributed by atoms with van der Waals surface area (Å²) >= 11 is 0. The first kappa shape index (κ1) is 20.5. The van der Waals surface area contributed by atoms with Gasteiger partial charge in [0.25, 0.3) is 0 Å². The Bertz CT molecular complexity index is 1180. The highest BCUT2D eigenvalue weighted by Gasteiger charge is 2.23. The number of rotatable bonds is 6. The molecule has 1 saturated heterocycles. The Morgan fingerprint density at radius 2 is 1.88 bits per heavy atom. The lowest BCUT2D eigenvalue weighted by molar-refractivity contribution is -0.132. The fourth-order valence-corrected chi connectivity index (χ4v) is 4.59. The molecule has 1 aliphatic heterocycles. The topological polar surface area (TPSA) is 66.8 Å². The molecule has 0 unspecified atom stereocenters. The zero-order valence-electron chi connectivity index (χ0n) is 18.5. The van der Waals surface area contributed by atoms with Gasteiger partial charge in [0.1, 0.15) is 0 Å². The van der Waals surface area contributed by atoms with E-state index in [1.807, 2.05) is 23.5 Å². The van der Waals surface area contributed by atoms with E-state index in [2.05, 4.69) is 69.4 Å².